The van der Waals surface area contributed by atoms with E-state index in [9.17, 15) is 4.79 Å². The maximum Gasteiger partial charge on any atom is 0.263 e. The van der Waals surface area contributed by atoms with Crippen molar-refractivity contribution in [3.05, 3.63) is 16.1 Å². The number of aryl methyl sites for hydroxylation is 1. The molecule has 1 atom stereocenters. The lowest BCUT2D eigenvalue weighted by atomic mass is 9.99. The Labute approximate surface area is 108 Å². The van der Waals surface area contributed by atoms with Crippen molar-refractivity contribution < 1.29 is 4.79 Å². The van der Waals surface area contributed by atoms with Gasteiger partial charge in [-0.1, -0.05) is 33.1 Å². The summed E-state index contributed by atoms with van der Waals surface area (Å²) in [6, 6.07) is 0. The minimum Gasteiger partial charge on any atom is -0.351 e. The lowest BCUT2D eigenvalue weighted by molar-refractivity contribution is 0.0949. The fraction of sp³-hybridized carbons (Fsp3) is 0.692. The molecule has 0 aliphatic heterocycles. The van der Waals surface area contributed by atoms with Crippen LogP contribution in [0.1, 0.15) is 54.9 Å². The standard InChI is InChI=1S/C13H22N2OS/c1-4-6-7-11(5-2)8-14-13(16)12-10(3)15-9-17-12/h9,11H,4-8H2,1-3H3,(H,14,16). The van der Waals surface area contributed by atoms with E-state index in [-0.39, 0.29) is 5.91 Å². The monoisotopic (exact) mass is 254 g/mol. The highest BCUT2D eigenvalue weighted by molar-refractivity contribution is 7.11. The van der Waals surface area contributed by atoms with Crippen molar-refractivity contribution in [1.82, 2.24) is 10.3 Å². The summed E-state index contributed by atoms with van der Waals surface area (Å²) in [5, 5.41) is 3.02. The second kappa shape index (κ2) is 7.43. The number of carbonyl (C=O) groups excluding carboxylic acids is 1. The molecule has 0 saturated carbocycles. The highest BCUT2D eigenvalue weighted by Crippen LogP contribution is 2.14. The second-order valence-corrected chi connectivity index (χ2v) is 5.25. The van der Waals surface area contributed by atoms with E-state index in [1.54, 1.807) is 5.51 Å². The van der Waals surface area contributed by atoms with E-state index in [4.69, 9.17) is 0 Å². The Balaban J connectivity index is 2.39. The highest BCUT2D eigenvalue weighted by Gasteiger charge is 2.13. The van der Waals surface area contributed by atoms with Crippen molar-refractivity contribution in [2.45, 2.75) is 46.5 Å². The third kappa shape index (κ3) is 4.46. The van der Waals surface area contributed by atoms with Crippen molar-refractivity contribution in [2.75, 3.05) is 6.54 Å². The van der Waals surface area contributed by atoms with Crippen LogP contribution < -0.4 is 5.32 Å². The van der Waals surface area contributed by atoms with Crippen LogP contribution in [0.2, 0.25) is 0 Å². The number of aromatic nitrogens is 1. The molecule has 1 aromatic rings. The van der Waals surface area contributed by atoms with E-state index >= 15 is 0 Å². The van der Waals surface area contributed by atoms with Gasteiger partial charge in [-0.2, -0.15) is 0 Å². The van der Waals surface area contributed by atoms with E-state index in [0.29, 0.717) is 5.92 Å². The molecule has 17 heavy (non-hydrogen) atoms. The molecule has 0 aliphatic carbocycles. The van der Waals surface area contributed by atoms with Crippen LogP contribution in [0.5, 0.6) is 0 Å². The molecule has 1 unspecified atom stereocenters. The molecule has 0 saturated heterocycles. The maximum absolute atomic E-state index is 11.9. The molecule has 0 spiro atoms. The summed E-state index contributed by atoms with van der Waals surface area (Å²) in [7, 11) is 0. The summed E-state index contributed by atoms with van der Waals surface area (Å²) in [6.07, 6.45) is 4.79. The first-order chi connectivity index (χ1) is 8.19. The molecular weight excluding hydrogens is 232 g/mol. The third-order valence-corrected chi connectivity index (χ3v) is 3.97. The highest BCUT2D eigenvalue weighted by atomic mass is 32.1. The Morgan fingerprint density at radius 2 is 2.29 bits per heavy atom. The van der Waals surface area contributed by atoms with Gasteiger partial charge in [-0.15, -0.1) is 11.3 Å². The molecule has 1 aromatic heterocycles. The molecular formula is C13H22N2OS. The average molecular weight is 254 g/mol. The van der Waals surface area contributed by atoms with Crippen LogP contribution in [0.4, 0.5) is 0 Å². The minimum absolute atomic E-state index is 0.0277. The first-order valence-electron chi connectivity index (χ1n) is 6.37. The van der Waals surface area contributed by atoms with Gasteiger partial charge in [0.25, 0.3) is 5.91 Å². The van der Waals surface area contributed by atoms with Crippen LogP contribution in [0, 0.1) is 12.8 Å². The quantitative estimate of drug-likeness (QED) is 0.810. The molecule has 0 bridgehead atoms. The van der Waals surface area contributed by atoms with Crippen LogP contribution in [0.3, 0.4) is 0 Å². The number of rotatable bonds is 7. The Bertz CT molecular complexity index is 349. The van der Waals surface area contributed by atoms with Crippen molar-refractivity contribution in [2.24, 2.45) is 5.92 Å². The average Bonchev–Trinajstić information content (AvgIpc) is 2.75. The Morgan fingerprint density at radius 1 is 1.53 bits per heavy atom. The summed E-state index contributed by atoms with van der Waals surface area (Å²) in [5.74, 6) is 0.632. The van der Waals surface area contributed by atoms with E-state index in [1.165, 1.54) is 30.6 Å². The van der Waals surface area contributed by atoms with E-state index in [0.717, 1.165) is 23.5 Å². The van der Waals surface area contributed by atoms with Gasteiger partial charge in [-0.25, -0.2) is 4.98 Å². The predicted octanol–water partition coefficient (Wildman–Crippen LogP) is 3.40. The van der Waals surface area contributed by atoms with Crippen LogP contribution in [0.25, 0.3) is 0 Å². The number of amides is 1. The van der Waals surface area contributed by atoms with Gasteiger partial charge in [0.15, 0.2) is 0 Å². The second-order valence-electron chi connectivity index (χ2n) is 4.39. The van der Waals surface area contributed by atoms with Crippen molar-refractivity contribution >= 4 is 17.2 Å². The van der Waals surface area contributed by atoms with Gasteiger partial charge in [0, 0.05) is 6.54 Å². The number of unbranched alkanes of at least 4 members (excludes halogenated alkanes) is 1. The largest absolute Gasteiger partial charge is 0.351 e. The van der Waals surface area contributed by atoms with Crippen LogP contribution in [0.15, 0.2) is 5.51 Å². The fourth-order valence-corrected chi connectivity index (χ4v) is 2.50. The molecule has 4 heteroatoms. The molecule has 0 aromatic carbocycles. The normalized spacial score (nSPS) is 12.4. The van der Waals surface area contributed by atoms with Crippen molar-refractivity contribution in [1.29, 1.82) is 0 Å². The SMILES string of the molecule is CCCCC(CC)CNC(=O)c1scnc1C. The molecule has 1 heterocycles. The first-order valence-corrected chi connectivity index (χ1v) is 7.25. The number of hydrogen-bond donors (Lipinski definition) is 1. The molecule has 1 amide bonds. The summed E-state index contributed by atoms with van der Waals surface area (Å²) < 4.78 is 0. The molecule has 3 nitrogen and oxygen atoms in total. The molecule has 1 rings (SSSR count). The first kappa shape index (κ1) is 14.2. The zero-order valence-electron chi connectivity index (χ0n) is 11.0. The summed E-state index contributed by atoms with van der Waals surface area (Å²) in [4.78, 5) is 16.7. The molecule has 0 radical (unpaired) electrons. The van der Waals surface area contributed by atoms with Gasteiger partial charge in [-0.3, -0.25) is 4.79 Å². The molecule has 1 N–H and O–H groups in total. The Kier molecular flexibility index (Phi) is 6.19. The molecule has 0 aliphatic rings. The van der Waals surface area contributed by atoms with Gasteiger partial charge in [0.1, 0.15) is 4.88 Å². The summed E-state index contributed by atoms with van der Waals surface area (Å²) >= 11 is 1.41. The van der Waals surface area contributed by atoms with Crippen LogP contribution >= 0.6 is 11.3 Å². The van der Waals surface area contributed by atoms with Gasteiger partial charge in [-0.05, 0) is 19.3 Å². The number of carbonyl (C=O) groups is 1. The van der Waals surface area contributed by atoms with E-state index in [1.807, 2.05) is 6.92 Å². The maximum atomic E-state index is 11.9. The van der Waals surface area contributed by atoms with E-state index < -0.39 is 0 Å². The van der Waals surface area contributed by atoms with Crippen molar-refractivity contribution in [3.8, 4) is 0 Å². The molecule has 0 fully saturated rings. The minimum atomic E-state index is 0.0277. The number of nitrogens with zero attached hydrogens (tertiary/aromatic N) is 1. The van der Waals surface area contributed by atoms with E-state index in [2.05, 4.69) is 24.1 Å². The fourth-order valence-electron chi connectivity index (χ4n) is 1.78. The summed E-state index contributed by atoms with van der Waals surface area (Å²) in [5.41, 5.74) is 2.55. The van der Waals surface area contributed by atoms with Gasteiger partial charge >= 0.3 is 0 Å². The summed E-state index contributed by atoms with van der Waals surface area (Å²) in [6.45, 7) is 7.04. The topological polar surface area (TPSA) is 42.0 Å². The zero-order valence-corrected chi connectivity index (χ0v) is 11.8. The van der Waals surface area contributed by atoms with Crippen molar-refractivity contribution in [3.63, 3.8) is 0 Å². The van der Waals surface area contributed by atoms with Gasteiger partial charge in [0.05, 0.1) is 11.2 Å². The van der Waals surface area contributed by atoms with Gasteiger partial charge in [0.2, 0.25) is 0 Å². The Morgan fingerprint density at radius 3 is 2.82 bits per heavy atom. The predicted molar refractivity (Wildman–Crippen MR) is 72.5 cm³/mol. The number of thiazole rings is 1. The smallest absolute Gasteiger partial charge is 0.263 e. The van der Waals surface area contributed by atoms with Crippen LogP contribution in [-0.2, 0) is 0 Å². The van der Waals surface area contributed by atoms with Gasteiger partial charge < -0.3 is 5.32 Å². The Hall–Kier alpha value is -0.900. The number of hydrogen-bond acceptors (Lipinski definition) is 3. The number of nitrogens with one attached hydrogen (secondary N) is 1. The van der Waals surface area contributed by atoms with Crippen LogP contribution in [-0.4, -0.2) is 17.4 Å². The zero-order chi connectivity index (χ0) is 12.7. The molecule has 96 valence electrons. The lowest BCUT2D eigenvalue weighted by Gasteiger charge is -2.14. The lowest BCUT2D eigenvalue weighted by Crippen LogP contribution is -2.29. The third-order valence-electron chi connectivity index (χ3n) is 3.05.